The van der Waals surface area contributed by atoms with Crippen molar-refractivity contribution < 1.29 is 9.59 Å². The number of benzene rings is 1. The topological polar surface area (TPSA) is 84.2 Å². The van der Waals surface area contributed by atoms with Crippen molar-refractivity contribution in [2.75, 3.05) is 18.4 Å². The van der Waals surface area contributed by atoms with Crippen molar-refractivity contribution in [3.63, 3.8) is 0 Å². The van der Waals surface area contributed by atoms with E-state index in [1.165, 1.54) is 5.56 Å². The molecule has 0 spiro atoms. The number of nitrogens with one attached hydrogen (secondary N) is 2. The molecular weight excluding hydrogens is 254 g/mol. The number of carbonyl (C=O) groups is 2. The zero-order valence-electron chi connectivity index (χ0n) is 11.5. The molecule has 5 heteroatoms. The lowest BCUT2D eigenvalue weighted by Crippen LogP contribution is -2.38. The minimum absolute atomic E-state index is 0.0268. The zero-order chi connectivity index (χ0) is 14.4. The van der Waals surface area contributed by atoms with Gasteiger partial charge in [0.25, 0.3) is 0 Å². The van der Waals surface area contributed by atoms with Crippen LogP contribution in [-0.4, -0.2) is 24.9 Å². The minimum Gasteiger partial charge on any atom is -0.384 e. The standard InChI is InChI=1S/C15H21N3O2/c16-14(19)7-3-4-8-17-15(20)12-9-11-5-1-2-6-13(11)18-10-12/h1-2,5-6,12,18H,3-4,7-10H2,(H2,16,19)(H,17,20). The first-order valence-electron chi connectivity index (χ1n) is 7.04. The molecule has 20 heavy (non-hydrogen) atoms. The van der Waals surface area contributed by atoms with Crippen molar-refractivity contribution in [2.45, 2.75) is 25.7 Å². The summed E-state index contributed by atoms with van der Waals surface area (Å²) in [5, 5.41) is 6.21. The molecule has 2 rings (SSSR count). The molecule has 1 aliphatic heterocycles. The molecule has 1 aromatic rings. The van der Waals surface area contributed by atoms with E-state index in [9.17, 15) is 9.59 Å². The van der Waals surface area contributed by atoms with Crippen molar-refractivity contribution in [2.24, 2.45) is 11.7 Å². The molecule has 1 aliphatic rings. The number of hydrogen-bond acceptors (Lipinski definition) is 3. The Balaban J connectivity index is 1.73. The summed E-state index contributed by atoms with van der Waals surface area (Å²) in [5.41, 5.74) is 7.37. The van der Waals surface area contributed by atoms with Crippen molar-refractivity contribution in [1.29, 1.82) is 0 Å². The van der Waals surface area contributed by atoms with Gasteiger partial charge in [-0.3, -0.25) is 9.59 Å². The molecule has 1 atom stereocenters. The smallest absolute Gasteiger partial charge is 0.225 e. The second-order valence-electron chi connectivity index (χ2n) is 5.15. The Labute approximate surface area is 118 Å². The molecule has 108 valence electrons. The number of nitrogens with two attached hydrogens (primary N) is 1. The quantitative estimate of drug-likeness (QED) is 0.678. The van der Waals surface area contributed by atoms with Gasteiger partial charge in [0.2, 0.25) is 11.8 Å². The summed E-state index contributed by atoms with van der Waals surface area (Å²) >= 11 is 0. The Morgan fingerprint density at radius 3 is 2.90 bits per heavy atom. The largest absolute Gasteiger partial charge is 0.384 e. The Morgan fingerprint density at radius 2 is 2.10 bits per heavy atom. The molecule has 5 nitrogen and oxygen atoms in total. The summed E-state index contributed by atoms with van der Waals surface area (Å²) in [6.07, 6.45) is 2.66. The highest BCUT2D eigenvalue weighted by Crippen LogP contribution is 2.24. The number of anilines is 1. The maximum Gasteiger partial charge on any atom is 0.225 e. The fraction of sp³-hybridized carbons (Fsp3) is 0.467. The second-order valence-corrected chi connectivity index (χ2v) is 5.15. The summed E-state index contributed by atoms with van der Waals surface area (Å²) in [6.45, 7) is 1.27. The lowest BCUT2D eigenvalue weighted by Gasteiger charge is -2.25. The fourth-order valence-corrected chi connectivity index (χ4v) is 2.41. The minimum atomic E-state index is -0.288. The number of primary amides is 1. The van der Waals surface area contributed by atoms with E-state index in [-0.39, 0.29) is 17.7 Å². The van der Waals surface area contributed by atoms with Crippen molar-refractivity contribution in [3.05, 3.63) is 29.8 Å². The molecular formula is C15H21N3O2. The van der Waals surface area contributed by atoms with Crippen LogP contribution in [0.2, 0.25) is 0 Å². The summed E-state index contributed by atoms with van der Waals surface area (Å²) in [5.74, 6) is -0.239. The van der Waals surface area contributed by atoms with Crippen molar-refractivity contribution in [1.82, 2.24) is 5.32 Å². The molecule has 1 aromatic carbocycles. The van der Waals surface area contributed by atoms with Crippen LogP contribution in [0.4, 0.5) is 5.69 Å². The Kier molecular flexibility index (Phi) is 4.98. The Bertz CT molecular complexity index is 488. The first-order valence-corrected chi connectivity index (χ1v) is 7.04. The predicted molar refractivity (Wildman–Crippen MR) is 78.2 cm³/mol. The van der Waals surface area contributed by atoms with Crippen LogP contribution >= 0.6 is 0 Å². The van der Waals surface area contributed by atoms with Crippen molar-refractivity contribution >= 4 is 17.5 Å². The van der Waals surface area contributed by atoms with E-state index in [2.05, 4.69) is 16.7 Å². The van der Waals surface area contributed by atoms with Crippen LogP contribution in [0, 0.1) is 5.92 Å². The molecule has 0 bridgehead atoms. The molecule has 1 unspecified atom stereocenters. The summed E-state index contributed by atoms with van der Waals surface area (Å²) < 4.78 is 0. The number of fused-ring (bicyclic) bond motifs is 1. The number of hydrogen-bond donors (Lipinski definition) is 3. The van der Waals surface area contributed by atoms with Gasteiger partial charge in [-0.15, -0.1) is 0 Å². The van der Waals surface area contributed by atoms with Crippen LogP contribution < -0.4 is 16.4 Å². The first-order chi connectivity index (χ1) is 9.66. The van der Waals surface area contributed by atoms with Crippen LogP contribution in [0.15, 0.2) is 24.3 Å². The summed E-state index contributed by atoms with van der Waals surface area (Å²) in [6, 6.07) is 8.07. The molecule has 0 aromatic heterocycles. The number of rotatable bonds is 6. The zero-order valence-corrected chi connectivity index (χ0v) is 11.5. The van der Waals surface area contributed by atoms with Gasteiger partial charge >= 0.3 is 0 Å². The Morgan fingerprint density at radius 1 is 1.30 bits per heavy atom. The highest BCUT2D eigenvalue weighted by Gasteiger charge is 2.23. The highest BCUT2D eigenvalue weighted by atomic mass is 16.2. The van der Waals surface area contributed by atoms with Crippen molar-refractivity contribution in [3.8, 4) is 0 Å². The van der Waals surface area contributed by atoms with E-state index in [0.29, 0.717) is 19.5 Å². The van der Waals surface area contributed by atoms with Crippen LogP contribution in [0.3, 0.4) is 0 Å². The molecule has 2 amide bonds. The molecule has 0 saturated carbocycles. The van der Waals surface area contributed by atoms with Gasteiger partial charge < -0.3 is 16.4 Å². The molecule has 0 aliphatic carbocycles. The summed E-state index contributed by atoms with van der Waals surface area (Å²) in [4.78, 5) is 22.6. The van der Waals surface area contributed by atoms with E-state index in [1.807, 2.05) is 18.2 Å². The van der Waals surface area contributed by atoms with E-state index in [1.54, 1.807) is 0 Å². The third-order valence-electron chi connectivity index (χ3n) is 3.54. The van der Waals surface area contributed by atoms with Gasteiger partial charge in [-0.2, -0.15) is 0 Å². The third kappa shape index (κ3) is 3.98. The Hall–Kier alpha value is -2.04. The number of unbranched alkanes of at least 4 members (excludes halogenated alkanes) is 1. The monoisotopic (exact) mass is 275 g/mol. The van der Waals surface area contributed by atoms with Gasteiger partial charge in [0.15, 0.2) is 0 Å². The molecule has 1 heterocycles. The molecule has 0 radical (unpaired) electrons. The number of carbonyl (C=O) groups excluding carboxylic acids is 2. The maximum absolute atomic E-state index is 12.1. The van der Waals surface area contributed by atoms with Crippen LogP contribution in [0.5, 0.6) is 0 Å². The average molecular weight is 275 g/mol. The normalized spacial score (nSPS) is 16.9. The average Bonchev–Trinajstić information content (AvgIpc) is 2.46. The van der Waals surface area contributed by atoms with Gasteiger partial charge in [0.1, 0.15) is 0 Å². The third-order valence-corrected chi connectivity index (χ3v) is 3.54. The SMILES string of the molecule is NC(=O)CCCCNC(=O)C1CNc2ccccc2C1. The van der Waals surface area contributed by atoms with Gasteiger partial charge in [0, 0.05) is 25.2 Å². The molecule has 0 saturated heterocycles. The van der Waals surface area contributed by atoms with Gasteiger partial charge in [-0.1, -0.05) is 18.2 Å². The van der Waals surface area contributed by atoms with Gasteiger partial charge in [0.05, 0.1) is 5.92 Å². The molecule has 4 N–H and O–H groups in total. The van der Waals surface area contributed by atoms with E-state index in [4.69, 9.17) is 5.73 Å². The first kappa shape index (κ1) is 14.4. The van der Waals surface area contributed by atoms with Crippen LogP contribution in [0.25, 0.3) is 0 Å². The van der Waals surface area contributed by atoms with E-state index < -0.39 is 0 Å². The second kappa shape index (κ2) is 6.93. The van der Waals surface area contributed by atoms with E-state index in [0.717, 1.165) is 24.9 Å². The predicted octanol–water partition coefficient (Wildman–Crippen LogP) is 1.04. The molecule has 0 fully saturated rings. The number of para-hydroxylation sites is 1. The van der Waals surface area contributed by atoms with E-state index >= 15 is 0 Å². The van der Waals surface area contributed by atoms with Gasteiger partial charge in [-0.25, -0.2) is 0 Å². The highest BCUT2D eigenvalue weighted by molar-refractivity contribution is 5.80. The van der Waals surface area contributed by atoms with Crippen LogP contribution in [0.1, 0.15) is 24.8 Å². The maximum atomic E-state index is 12.1. The summed E-state index contributed by atoms with van der Waals surface area (Å²) in [7, 11) is 0. The van der Waals surface area contributed by atoms with Gasteiger partial charge in [-0.05, 0) is 30.9 Å². The van der Waals surface area contributed by atoms with Crippen LogP contribution in [-0.2, 0) is 16.0 Å². The number of amides is 2. The lowest BCUT2D eigenvalue weighted by atomic mass is 9.93. The fourth-order valence-electron chi connectivity index (χ4n) is 2.41. The lowest BCUT2D eigenvalue weighted by molar-refractivity contribution is -0.124.